The second-order valence-electron chi connectivity index (χ2n) is 5.30. The summed E-state index contributed by atoms with van der Waals surface area (Å²) in [5, 5.41) is 5.80. The fourth-order valence-electron chi connectivity index (χ4n) is 1.71. The van der Waals surface area contributed by atoms with Gasteiger partial charge in [0.2, 0.25) is 0 Å². The van der Waals surface area contributed by atoms with Crippen LogP contribution in [0.4, 0.5) is 10.1 Å². The zero-order chi connectivity index (χ0) is 14.0. The molecule has 100 valence electrons. The van der Waals surface area contributed by atoms with E-state index in [0.717, 1.165) is 12.8 Å². The minimum Gasteiger partial charge on any atom is -0.382 e. The molecule has 0 bridgehead atoms. The van der Waals surface area contributed by atoms with E-state index in [2.05, 4.69) is 16.6 Å². The number of hydrogen-bond acceptors (Lipinski definition) is 2. The molecule has 2 N–H and O–H groups in total. The third-order valence-electron chi connectivity index (χ3n) is 2.96. The second kappa shape index (κ2) is 4.93. The Morgan fingerprint density at radius 1 is 1.47 bits per heavy atom. The van der Waals surface area contributed by atoms with E-state index in [-0.39, 0.29) is 5.56 Å². The molecule has 1 aliphatic rings. The SMILES string of the molecule is C#CC(C)(C)NC(=O)c1c(F)cccc1NC1CC1. The standard InChI is InChI=1S/C15H17FN2O/c1-4-15(2,3)18-14(19)13-11(16)6-5-7-12(13)17-10-8-9-10/h1,5-7,10,17H,8-9H2,2-3H3,(H,18,19). The molecule has 1 amide bonds. The first kappa shape index (κ1) is 13.4. The summed E-state index contributed by atoms with van der Waals surface area (Å²) in [6, 6.07) is 4.91. The number of rotatable bonds is 4. The van der Waals surface area contributed by atoms with Crippen LogP contribution >= 0.6 is 0 Å². The second-order valence-corrected chi connectivity index (χ2v) is 5.30. The Balaban J connectivity index is 2.27. The zero-order valence-corrected chi connectivity index (χ0v) is 11.1. The van der Waals surface area contributed by atoms with E-state index in [1.54, 1.807) is 26.0 Å². The summed E-state index contributed by atoms with van der Waals surface area (Å²) >= 11 is 0. The van der Waals surface area contributed by atoms with Gasteiger partial charge in [-0.2, -0.15) is 0 Å². The molecule has 0 heterocycles. The Kier molecular flexibility index (Phi) is 3.48. The van der Waals surface area contributed by atoms with Crippen molar-refractivity contribution in [3.05, 3.63) is 29.6 Å². The van der Waals surface area contributed by atoms with Crippen LogP contribution in [0, 0.1) is 18.2 Å². The Bertz CT molecular complexity index is 542. The van der Waals surface area contributed by atoms with E-state index in [1.165, 1.54) is 6.07 Å². The van der Waals surface area contributed by atoms with Crippen molar-refractivity contribution < 1.29 is 9.18 Å². The number of amides is 1. The van der Waals surface area contributed by atoms with Gasteiger partial charge in [0.05, 0.1) is 16.8 Å². The lowest BCUT2D eigenvalue weighted by atomic mass is 10.0. The number of terminal acetylenes is 1. The summed E-state index contributed by atoms with van der Waals surface area (Å²) in [7, 11) is 0. The zero-order valence-electron chi connectivity index (χ0n) is 11.1. The van der Waals surface area contributed by atoms with Crippen LogP contribution in [0.2, 0.25) is 0 Å². The number of carbonyl (C=O) groups is 1. The molecule has 1 aliphatic carbocycles. The molecule has 0 aliphatic heterocycles. The van der Waals surface area contributed by atoms with Gasteiger partial charge in [-0.25, -0.2) is 4.39 Å². The van der Waals surface area contributed by atoms with Gasteiger partial charge in [-0.05, 0) is 38.8 Å². The van der Waals surface area contributed by atoms with Crippen molar-refractivity contribution in [2.24, 2.45) is 0 Å². The molecular weight excluding hydrogens is 243 g/mol. The quantitative estimate of drug-likeness (QED) is 0.817. The highest BCUT2D eigenvalue weighted by Crippen LogP contribution is 2.28. The molecule has 0 atom stereocenters. The first-order valence-corrected chi connectivity index (χ1v) is 6.28. The third-order valence-corrected chi connectivity index (χ3v) is 2.96. The van der Waals surface area contributed by atoms with Crippen LogP contribution in [-0.2, 0) is 0 Å². The molecule has 4 heteroatoms. The molecule has 1 aromatic carbocycles. The summed E-state index contributed by atoms with van der Waals surface area (Å²) in [6.45, 7) is 3.39. The Morgan fingerprint density at radius 2 is 2.16 bits per heavy atom. The fourth-order valence-corrected chi connectivity index (χ4v) is 1.71. The van der Waals surface area contributed by atoms with Crippen molar-refractivity contribution in [2.75, 3.05) is 5.32 Å². The number of benzene rings is 1. The predicted octanol–water partition coefficient (Wildman–Crippen LogP) is 2.54. The van der Waals surface area contributed by atoms with Gasteiger partial charge in [-0.15, -0.1) is 6.42 Å². The van der Waals surface area contributed by atoms with Gasteiger partial charge in [0.1, 0.15) is 5.82 Å². The van der Waals surface area contributed by atoms with Gasteiger partial charge in [0.15, 0.2) is 0 Å². The molecule has 0 saturated heterocycles. The van der Waals surface area contributed by atoms with Gasteiger partial charge >= 0.3 is 0 Å². The molecule has 1 aromatic rings. The molecule has 3 nitrogen and oxygen atoms in total. The molecule has 0 radical (unpaired) electrons. The molecule has 0 unspecified atom stereocenters. The lowest BCUT2D eigenvalue weighted by Gasteiger charge is -2.21. The highest BCUT2D eigenvalue weighted by Gasteiger charge is 2.26. The van der Waals surface area contributed by atoms with Gasteiger partial charge in [0.25, 0.3) is 5.91 Å². The van der Waals surface area contributed by atoms with Crippen LogP contribution < -0.4 is 10.6 Å². The van der Waals surface area contributed by atoms with E-state index in [9.17, 15) is 9.18 Å². The lowest BCUT2D eigenvalue weighted by Crippen LogP contribution is -2.42. The Labute approximate surface area is 112 Å². The maximum Gasteiger partial charge on any atom is 0.257 e. The summed E-state index contributed by atoms with van der Waals surface area (Å²) in [5.41, 5.74) is -0.263. The molecule has 1 saturated carbocycles. The molecule has 2 rings (SSSR count). The molecule has 0 spiro atoms. The fraction of sp³-hybridized carbons (Fsp3) is 0.400. The van der Waals surface area contributed by atoms with Crippen molar-refractivity contribution >= 4 is 11.6 Å². The van der Waals surface area contributed by atoms with Gasteiger partial charge < -0.3 is 10.6 Å². The largest absolute Gasteiger partial charge is 0.382 e. The highest BCUT2D eigenvalue weighted by molar-refractivity contribution is 6.00. The molecule has 19 heavy (non-hydrogen) atoms. The van der Waals surface area contributed by atoms with Gasteiger partial charge in [-0.1, -0.05) is 12.0 Å². The van der Waals surface area contributed by atoms with Crippen LogP contribution in [0.5, 0.6) is 0 Å². The minimum absolute atomic E-state index is 0.0257. The average Bonchev–Trinajstić information content (AvgIpc) is 3.12. The predicted molar refractivity (Wildman–Crippen MR) is 73.4 cm³/mol. The van der Waals surface area contributed by atoms with E-state index in [1.807, 2.05) is 0 Å². The van der Waals surface area contributed by atoms with Crippen molar-refractivity contribution in [3.63, 3.8) is 0 Å². The van der Waals surface area contributed by atoms with Gasteiger partial charge in [-0.3, -0.25) is 4.79 Å². The number of carbonyl (C=O) groups excluding carboxylic acids is 1. The van der Waals surface area contributed by atoms with E-state index in [4.69, 9.17) is 6.42 Å². The Hall–Kier alpha value is -2.02. The monoisotopic (exact) mass is 260 g/mol. The van der Waals surface area contributed by atoms with Crippen molar-refractivity contribution in [1.29, 1.82) is 0 Å². The topological polar surface area (TPSA) is 41.1 Å². The minimum atomic E-state index is -0.809. The number of anilines is 1. The van der Waals surface area contributed by atoms with Crippen LogP contribution in [0.1, 0.15) is 37.0 Å². The number of hydrogen-bond donors (Lipinski definition) is 2. The van der Waals surface area contributed by atoms with Crippen molar-refractivity contribution in [2.45, 2.75) is 38.3 Å². The lowest BCUT2D eigenvalue weighted by molar-refractivity contribution is 0.0926. The molecule has 1 fully saturated rings. The van der Waals surface area contributed by atoms with E-state index < -0.39 is 17.3 Å². The van der Waals surface area contributed by atoms with Gasteiger partial charge in [0, 0.05) is 6.04 Å². The first-order valence-electron chi connectivity index (χ1n) is 6.28. The first-order chi connectivity index (χ1) is 8.93. The van der Waals surface area contributed by atoms with Crippen molar-refractivity contribution in [1.82, 2.24) is 5.32 Å². The average molecular weight is 260 g/mol. The summed E-state index contributed by atoms with van der Waals surface area (Å²) in [6.07, 6.45) is 7.42. The maximum atomic E-state index is 13.9. The number of nitrogens with one attached hydrogen (secondary N) is 2. The maximum absolute atomic E-state index is 13.9. The van der Waals surface area contributed by atoms with Crippen LogP contribution in [0.15, 0.2) is 18.2 Å². The van der Waals surface area contributed by atoms with Crippen LogP contribution in [0.3, 0.4) is 0 Å². The van der Waals surface area contributed by atoms with Crippen molar-refractivity contribution in [3.8, 4) is 12.3 Å². The molecule has 0 aromatic heterocycles. The summed E-state index contributed by atoms with van der Waals surface area (Å²) < 4.78 is 13.9. The number of halogens is 1. The Morgan fingerprint density at radius 3 is 2.74 bits per heavy atom. The van der Waals surface area contributed by atoms with Crippen LogP contribution in [0.25, 0.3) is 0 Å². The van der Waals surface area contributed by atoms with Crippen LogP contribution in [-0.4, -0.2) is 17.5 Å². The van der Waals surface area contributed by atoms with E-state index in [0.29, 0.717) is 11.7 Å². The summed E-state index contributed by atoms with van der Waals surface area (Å²) in [4.78, 5) is 12.2. The van der Waals surface area contributed by atoms with E-state index >= 15 is 0 Å². The normalized spacial score (nSPS) is 14.6. The molecular formula is C15H17FN2O. The highest BCUT2D eigenvalue weighted by atomic mass is 19.1. The third kappa shape index (κ3) is 3.25. The smallest absolute Gasteiger partial charge is 0.257 e. The summed E-state index contributed by atoms with van der Waals surface area (Å²) in [5.74, 6) is 1.42.